The summed E-state index contributed by atoms with van der Waals surface area (Å²) < 4.78 is 23.9. The van der Waals surface area contributed by atoms with Crippen molar-refractivity contribution in [1.82, 2.24) is 9.88 Å². The Hall–Kier alpha value is -0.840. The molecule has 2 rings (SSSR count). The minimum Gasteiger partial charge on any atom is -0.358 e. The fourth-order valence-electron chi connectivity index (χ4n) is 2.70. The molecule has 136 valence electrons. The van der Waals surface area contributed by atoms with Crippen LogP contribution in [-0.4, -0.2) is 43.7 Å². The molecule has 1 aromatic heterocycles. The molecule has 0 aliphatic carbocycles. The lowest BCUT2D eigenvalue weighted by atomic mass is 10.1. The maximum Gasteiger partial charge on any atom is 0.335 e. The highest BCUT2D eigenvalue weighted by atomic mass is 35.5. The van der Waals surface area contributed by atoms with Crippen LogP contribution in [0.5, 0.6) is 0 Å². The summed E-state index contributed by atoms with van der Waals surface area (Å²) in [4.78, 5) is 5.61. The van der Waals surface area contributed by atoms with Crippen LogP contribution in [0.15, 0.2) is 24.3 Å². The van der Waals surface area contributed by atoms with Crippen molar-refractivity contribution in [3.05, 3.63) is 35.5 Å². The van der Waals surface area contributed by atoms with Gasteiger partial charge in [-0.1, -0.05) is 18.2 Å². The first-order valence-corrected chi connectivity index (χ1v) is 9.83. The van der Waals surface area contributed by atoms with Gasteiger partial charge >= 0.3 is 7.60 Å². The van der Waals surface area contributed by atoms with E-state index in [0.717, 1.165) is 35.1 Å². The van der Waals surface area contributed by atoms with E-state index in [1.165, 1.54) is 0 Å². The molecule has 2 aromatic rings. The number of nitrogens with zero attached hydrogens (tertiary/aromatic N) is 1. The summed E-state index contributed by atoms with van der Waals surface area (Å²) in [6.45, 7) is 5.37. The highest BCUT2D eigenvalue weighted by Gasteiger charge is 2.27. The first-order valence-electron chi connectivity index (χ1n) is 8.10. The molecule has 0 bridgehead atoms. The Kier molecular flexibility index (Phi) is 8.48. The average Bonchev–Trinajstić information content (AvgIpc) is 2.83. The molecule has 0 amide bonds. The second-order valence-corrected chi connectivity index (χ2v) is 7.84. The Morgan fingerprint density at radius 1 is 1.12 bits per heavy atom. The Labute approximate surface area is 150 Å². The standard InChI is InChI=1S/C17H27N2O3P.ClH/c1-5-21-23(20,22-6-2)13-15-14-9-7-8-10-16(14)18-17(15)11-12-19(3)4;/h7-10,18H,5-6,11-13H2,1-4H3;1H. The minimum atomic E-state index is -3.12. The van der Waals surface area contributed by atoms with Crippen molar-refractivity contribution in [3.63, 3.8) is 0 Å². The van der Waals surface area contributed by atoms with Crippen LogP contribution in [0.2, 0.25) is 0 Å². The largest absolute Gasteiger partial charge is 0.358 e. The summed E-state index contributed by atoms with van der Waals surface area (Å²) >= 11 is 0. The molecule has 0 aliphatic rings. The minimum absolute atomic E-state index is 0. The molecule has 0 aliphatic heterocycles. The van der Waals surface area contributed by atoms with Crippen LogP contribution in [0.4, 0.5) is 0 Å². The van der Waals surface area contributed by atoms with Gasteiger partial charge in [-0.25, -0.2) is 0 Å². The maximum absolute atomic E-state index is 12.9. The van der Waals surface area contributed by atoms with Gasteiger partial charge in [-0.2, -0.15) is 0 Å². The van der Waals surface area contributed by atoms with Gasteiger partial charge in [-0.05, 0) is 39.6 Å². The molecule has 24 heavy (non-hydrogen) atoms. The van der Waals surface area contributed by atoms with E-state index in [0.29, 0.717) is 19.4 Å². The summed E-state index contributed by atoms with van der Waals surface area (Å²) in [5.74, 6) is 0. The molecule has 0 radical (unpaired) electrons. The third-order valence-electron chi connectivity index (χ3n) is 3.71. The number of rotatable bonds is 9. The van der Waals surface area contributed by atoms with E-state index in [-0.39, 0.29) is 12.4 Å². The highest BCUT2D eigenvalue weighted by Crippen LogP contribution is 2.52. The molecule has 0 fully saturated rings. The van der Waals surface area contributed by atoms with Crippen LogP contribution in [0.1, 0.15) is 25.1 Å². The van der Waals surface area contributed by atoms with Gasteiger partial charge in [0.05, 0.1) is 19.4 Å². The number of aromatic amines is 1. The molecule has 0 unspecified atom stereocenters. The zero-order valence-corrected chi connectivity index (χ0v) is 16.6. The summed E-state index contributed by atoms with van der Waals surface area (Å²) in [6.07, 6.45) is 1.18. The number of nitrogens with one attached hydrogen (secondary N) is 1. The molecular formula is C17H28ClN2O3P. The lowest BCUT2D eigenvalue weighted by molar-refractivity contribution is 0.219. The van der Waals surface area contributed by atoms with E-state index in [2.05, 4.69) is 16.0 Å². The van der Waals surface area contributed by atoms with Crippen molar-refractivity contribution in [2.24, 2.45) is 0 Å². The topological polar surface area (TPSA) is 54.6 Å². The van der Waals surface area contributed by atoms with Crippen molar-refractivity contribution in [2.45, 2.75) is 26.4 Å². The summed E-state index contributed by atoms with van der Waals surface area (Å²) in [7, 11) is 0.978. The van der Waals surface area contributed by atoms with Crippen molar-refractivity contribution in [3.8, 4) is 0 Å². The summed E-state index contributed by atoms with van der Waals surface area (Å²) in [5, 5.41) is 1.10. The Morgan fingerprint density at radius 3 is 2.33 bits per heavy atom. The Balaban J connectivity index is 0.00000288. The Bertz CT molecular complexity index is 678. The molecule has 0 saturated carbocycles. The van der Waals surface area contributed by atoms with E-state index in [1.807, 2.05) is 46.1 Å². The predicted molar refractivity (Wildman–Crippen MR) is 102 cm³/mol. The van der Waals surface area contributed by atoms with E-state index in [1.54, 1.807) is 0 Å². The van der Waals surface area contributed by atoms with E-state index in [9.17, 15) is 4.57 Å². The van der Waals surface area contributed by atoms with Crippen molar-refractivity contribution in [1.29, 1.82) is 0 Å². The highest BCUT2D eigenvalue weighted by molar-refractivity contribution is 7.53. The molecule has 0 saturated heterocycles. The molecule has 0 spiro atoms. The molecule has 0 atom stereocenters. The summed E-state index contributed by atoms with van der Waals surface area (Å²) in [6, 6.07) is 8.11. The van der Waals surface area contributed by atoms with E-state index < -0.39 is 7.60 Å². The maximum atomic E-state index is 12.9. The van der Waals surface area contributed by atoms with Gasteiger partial charge in [0.25, 0.3) is 0 Å². The smallest absolute Gasteiger partial charge is 0.335 e. The molecule has 1 aromatic carbocycles. The second kappa shape index (κ2) is 9.59. The van der Waals surface area contributed by atoms with Gasteiger partial charge in [-0.15, -0.1) is 12.4 Å². The molecule has 7 heteroatoms. The van der Waals surface area contributed by atoms with Crippen LogP contribution in [0, 0.1) is 0 Å². The van der Waals surface area contributed by atoms with Gasteiger partial charge in [0.1, 0.15) is 0 Å². The van der Waals surface area contributed by atoms with Crippen molar-refractivity contribution >= 4 is 30.9 Å². The number of halogens is 1. The third kappa shape index (κ3) is 5.33. The van der Waals surface area contributed by atoms with Crippen LogP contribution in [0.25, 0.3) is 10.9 Å². The van der Waals surface area contributed by atoms with Gasteiger partial charge in [-0.3, -0.25) is 4.57 Å². The van der Waals surface area contributed by atoms with E-state index >= 15 is 0 Å². The first kappa shape index (κ1) is 21.2. The second-order valence-electron chi connectivity index (χ2n) is 5.79. The monoisotopic (exact) mass is 374 g/mol. The molecule has 1 N–H and O–H groups in total. The number of H-pyrrole nitrogens is 1. The van der Waals surface area contributed by atoms with Gasteiger partial charge in [0, 0.05) is 29.6 Å². The van der Waals surface area contributed by atoms with Crippen LogP contribution < -0.4 is 0 Å². The molecule has 1 heterocycles. The fourth-order valence-corrected chi connectivity index (χ4v) is 4.49. The average molecular weight is 375 g/mol. The number of aromatic nitrogens is 1. The van der Waals surface area contributed by atoms with Crippen LogP contribution in [0.3, 0.4) is 0 Å². The first-order chi connectivity index (χ1) is 11.0. The number of hydrogen-bond acceptors (Lipinski definition) is 4. The number of hydrogen-bond donors (Lipinski definition) is 1. The zero-order valence-electron chi connectivity index (χ0n) is 14.9. The van der Waals surface area contributed by atoms with Crippen LogP contribution >= 0.6 is 20.0 Å². The van der Waals surface area contributed by atoms with E-state index in [4.69, 9.17) is 9.05 Å². The quantitative estimate of drug-likeness (QED) is 0.658. The number of para-hydroxylation sites is 1. The number of fused-ring (bicyclic) bond motifs is 1. The molecular weight excluding hydrogens is 347 g/mol. The van der Waals surface area contributed by atoms with Gasteiger partial charge < -0.3 is 18.9 Å². The van der Waals surface area contributed by atoms with Crippen molar-refractivity contribution < 1.29 is 13.6 Å². The van der Waals surface area contributed by atoms with Crippen molar-refractivity contribution in [2.75, 3.05) is 33.9 Å². The zero-order chi connectivity index (χ0) is 16.9. The lowest BCUT2D eigenvalue weighted by Gasteiger charge is -2.18. The fraction of sp³-hybridized carbons (Fsp3) is 0.529. The molecule has 5 nitrogen and oxygen atoms in total. The van der Waals surface area contributed by atoms with Gasteiger partial charge in [0.15, 0.2) is 0 Å². The van der Waals surface area contributed by atoms with Gasteiger partial charge in [0.2, 0.25) is 0 Å². The number of likely N-dealkylation sites (N-methyl/N-ethyl adjacent to an activating group) is 1. The lowest BCUT2D eigenvalue weighted by Crippen LogP contribution is -2.16. The third-order valence-corrected chi connectivity index (χ3v) is 5.72. The van der Waals surface area contributed by atoms with Crippen LogP contribution in [-0.2, 0) is 26.2 Å². The Morgan fingerprint density at radius 2 is 1.75 bits per heavy atom. The summed E-state index contributed by atoms with van der Waals surface area (Å²) in [5.41, 5.74) is 3.23. The number of benzene rings is 1. The normalized spacial score (nSPS) is 11.9. The SMILES string of the molecule is CCOP(=O)(Cc1c(CCN(C)C)[nH]c2ccccc12)OCC.Cl. The predicted octanol–water partition coefficient (Wildman–Crippen LogP) is 4.46.